The molecule has 1 aliphatic heterocycles. The maximum Gasteiger partial charge on any atom is 0.180 e. The number of fused-ring (bicyclic) bond motifs is 1. The molecular formula is C17H20N6O. The van der Waals surface area contributed by atoms with Gasteiger partial charge in [0.15, 0.2) is 11.5 Å². The molecular weight excluding hydrogens is 304 g/mol. The summed E-state index contributed by atoms with van der Waals surface area (Å²) >= 11 is 0. The fourth-order valence-corrected chi connectivity index (χ4v) is 3.03. The van der Waals surface area contributed by atoms with Gasteiger partial charge in [0, 0.05) is 50.3 Å². The van der Waals surface area contributed by atoms with Gasteiger partial charge < -0.3 is 14.5 Å². The van der Waals surface area contributed by atoms with E-state index in [0.29, 0.717) is 0 Å². The zero-order valence-electron chi connectivity index (χ0n) is 13.9. The number of methoxy groups -OCH3 is 1. The number of hydrogen-bond donors (Lipinski definition) is 0. The zero-order chi connectivity index (χ0) is 16.5. The van der Waals surface area contributed by atoms with Crippen molar-refractivity contribution in [1.29, 1.82) is 0 Å². The first-order valence-corrected chi connectivity index (χ1v) is 8.01. The smallest absolute Gasteiger partial charge is 0.180 e. The van der Waals surface area contributed by atoms with Crippen LogP contribution >= 0.6 is 0 Å². The number of aromatic nitrogens is 4. The van der Waals surface area contributed by atoms with Crippen LogP contribution in [0.4, 0.5) is 5.82 Å². The Morgan fingerprint density at radius 1 is 1.04 bits per heavy atom. The molecule has 24 heavy (non-hydrogen) atoms. The number of anilines is 1. The van der Waals surface area contributed by atoms with E-state index in [1.54, 1.807) is 13.3 Å². The van der Waals surface area contributed by atoms with Crippen molar-refractivity contribution in [3.05, 3.63) is 37.1 Å². The summed E-state index contributed by atoms with van der Waals surface area (Å²) in [5, 5.41) is 0. The van der Waals surface area contributed by atoms with E-state index in [-0.39, 0.29) is 0 Å². The van der Waals surface area contributed by atoms with Crippen LogP contribution in [0.2, 0.25) is 0 Å². The molecule has 0 spiro atoms. The summed E-state index contributed by atoms with van der Waals surface area (Å²) in [5.41, 5.74) is 2.78. The van der Waals surface area contributed by atoms with Gasteiger partial charge in [0.25, 0.3) is 0 Å². The summed E-state index contributed by atoms with van der Waals surface area (Å²) in [5.74, 6) is 1.66. The monoisotopic (exact) mass is 324 g/mol. The maximum atomic E-state index is 5.28. The molecule has 0 aliphatic carbocycles. The van der Waals surface area contributed by atoms with Gasteiger partial charge in [0.2, 0.25) is 0 Å². The molecule has 0 N–H and O–H groups in total. The van der Waals surface area contributed by atoms with Crippen LogP contribution in [0, 0.1) is 0 Å². The summed E-state index contributed by atoms with van der Waals surface area (Å²) in [6.07, 6.45) is 9.17. The largest absolute Gasteiger partial charge is 0.495 e. The average Bonchev–Trinajstić information content (AvgIpc) is 3.11. The molecule has 1 fully saturated rings. The van der Waals surface area contributed by atoms with Crippen LogP contribution in [-0.4, -0.2) is 64.6 Å². The summed E-state index contributed by atoms with van der Waals surface area (Å²) in [6.45, 7) is 4.00. The molecule has 0 aromatic carbocycles. The number of nitrogens with zero attached hydrogens (tertiary/aromatic N) is 6. The third-order valence-electron chi connectivity index (χ3n) is 4.46. The molecule has 1 saturated heterocycles. The number of likely N-dealkylation sites (N-methyl/N-ethyl adjacent to an activating group) is 1. The van der Waals surface area contributed by atoms with E-state index in [9.17, 15) is 0 Å². The Morgan fingerprint density at radius 3 is 2.67 bits per heavy atom. The molecule has 3 aromatic heterocycles. The lowest BCUT2D eigenvalue weighted by atomic mass is 10.2. The van der Waals surface area contributed by atoms with Crippen LogP contribution < -0.4 is 9.64 Å². The Kier molecular flexibility index (Phi) is 3.78. The predicted molar refractivity (Wildman–Crippen MR) is 92.5 cm³/mol. The molecule has 1 aliphatic rings. The lowest BCUT2D eigenvalue weighted by Crippen LogP contribution is -2.45. The molecule has 3 aromatic rings. The van der Waals surface area contributed by atoms with Gasteiger partial charge in [-0.15, -0.1) is 0 Å². The average molecular weight is 324 g/mol. The van der Waals surface area contributed by atoms with Crippen LogP contribution in [0.5, 0.6) is 5.75 Å². The Bertz CT molecular complexity index is 853. The minimum absolute atomic E-state index is 0.726. The first kappa shape index (κ1) is 14.9. The van der Waals surface area contributed by atoms with E-state index >= 15 is 0 Å². The van der Waals surface area contributed by atoms with E-state index in [2.05, 4.69) is 31.2 Å². The Hall–Kier alpha value is -2.67. The molecule has 0 amide bonds. The molecule has 0 bridgehead atoms. The highest BCUT2D eigenvalue weighted by Crippen LogP contribution is 2.27. The second-order valence-electron chi connectivity index (χ2n) is 5.99. The highest BCUT2D eigenvalue weighted by atomic mass is 16.5. The standard InChI is InChI=1S/C17H20N6O/c1-21-5-7-22(8-6-21)16-17-19-3-4-23(17)15(12-20-16)13-9-14(24-2)11-18-10-13/h3-4,9-12H,5-8H2,1-2H3. The molecule has 124 valence electrons. The van der Waals surface area contributed by atoms with E-state index in [0.717, 1.165) is 54.7 Å². The summed E-state index contributed by atoms with van der Waals surface area (Å²) in [7, 11) is 3.79. The van der Waals surface area contributed by atoms with Crippen molar-refractivity contribution >= 4 is 11.5 Å². The second-order valence-corrected chi connectivity index (χ2v) is 5.99. The number of piperazine rings is 1. The molecule has 0 atom stereocenters. The number of rotatable bonds is 3. The summed E-state index contributed by atoms with van der Waals surface area (Å²) in [6, 6.07) is 1.96. The van der Waals surface area contributed by atoms with Crippen LogP contribution in [0.15, 0.2) is 37.1 Å². The first-order valence-electron chi connectivity index (χ1n) is 8.01. The van der Waals surface area contributed by atoms with Gasteiger partial charge >= 0.3 is 0 Å². The van der Waals surface area contributed by atoms with Crippen molar-refractivity contribution in [3.8, 4) is 17.0 Å². The van der Waals surface area contributed by atoms with Crippen molar-refractivity contribution in [3.63, 3.8) is 0 Å². The minimum atomic E-state index is 0.726. The number of ether oxygens (including phenoxy) is 1. The van der Waals surface area contributed by atoms with E-state index in [1.165, 1.54) is 0 Å². The zero-order valence-corrected chi connectivity index (χ0v) is 13.9. The topological polar surface area (TPSA) is 58.8 Å². The Balaban J connectivity index is 1.77. The van der Waals surface area contributed by atoms with Gasteiger partial charge in [0.05, 0.1) is 25.2 Å². The highest BCUT2D eigenvalue weighted by molar-refractivity contribution is 5.71. The van der Waals surface area contributed by atoms with E-state index in [1.807, 2.05) is 30.9 Å². The predicted octanol–water partition coefficient (Wildman–Crippen LogP) is 1.55. The number of hydrogen-bond acceptors (Lipinski definition) is 6. The molecule has 4 rings (SSSR count). The molecule has 0 saturated carbocycles. The minimum Gasteiger partial charge on any atom is -0.495 e. The van der Waals surface area contributed by atoms with Gasteiger partial charge in [-0.05, 0) is 13.1 Å². The quantitative estimate of drug-likeness (QED) is 0.728. The molecule has 7 heteroatoms. The molecule has 7 nitrogen and oxygen atoms in total. The number of imidazole rings is 1. The van der Waals surface area contributed by atoms with Crippen molar-refractivity contribution in [1.82, 2.24) is 24.3 Å². The summed E-state index contributed by atoms with van der Waals surface area (Å²) < 4.78 is 7.34. The van der Waals surface area contributed by atoms with Gasteiger partial charge in [-0.3, -0.25) is 9.38 Å². The van der Waals surface area contributed by atoms with E-state index < -0.39 is 0 Å². The molecule has 4 heterocycles. The van der Waals surface area contributed by atoms with Crippen molar-refractivity contribution in [2.75, 3.05) is 45.2 Å². The second kappa shape index (κ2) is 6.09. The van der Waals surface area contributed by atoms with Crippen LogP contribution in [0.1, 0.15) is 0 Å². The fourth-order valence-electron chi connectivity index (χ4n) is 3.03. The van der Waals surface area contributed by atoms with Gasteiger partial charge in [0.1, 0.15) is 5.75 Å². The third kappa shape index (κ3) is 2.56. The van der Waals surface area contributed by atoms with Crippen molar-refractivity contribution < 1.29 is 4.74 Å². The third-order valence-corrected chi connectivity index (χ3v) is 4.46. The maximum absolute atomic E-state index is 5.28. The van der Waals surface area contributed by atoms with Crippen LogP contribution in [0.25, 0.3) is 16.9 Å². The lowest BCUT2D eigenvalue weighted by Gasteiger charge is -2.33. The fraction of sp³-hybridized carbons (Fsp3) is 0.353. The molecule has 0 unspecified atom stereocenters. The van der Waals surface area contributed by atoms with E-state index in [4.69, 9.17) is 9.72 Å². The highest BCUT2D eigenvalue weighted by Gasteiger charge is 2.20. The molecule has 0 radical (unpaired) electrons. The normalized spacial score (nSPS) is 15.8. The SMILES string of the molecule is COc1cncc(-c2cnc(N3CCN(C)CC3)c3nccn23)c1. The number of pyridine rings is 1. The van der Waals surface area contributed by atoms with Gasteiger partial charge in [-0.2, -0.15) is 0 Å². The Labute approximate surface area is 140 Å². The Morgan fingerprint density at radius 2 is 1.88 bits per heavy atom. The van der Waals surface area contributed by atoms with Crippen molar-refractivity contribution in [2.45, 2.75) is 0 Å². The van der Waals surface area contributed by atoms with Crippen molar-refractivity contribution in [2.24, 2.45) is 0 Å². The summed E-state index contributed by atoms with van der Waals surface area (Å²) in [4.78, 5) is 18.1. The van der Waals surface area contributed by atoms with Gasteiger partial charge in [-0.25, -0.2) is 9.97 Å². The first-order chi connectivity index (χ1) is 11.8. The van der Waals surface area contributed by atoms with Crippen LogP contribution in [0.3, 0.4) is 0 Å². The lowest BCUT2D eigenvalue weighted by molar-refractivity contribution is 0.312. The van der Waals surface area contributed by atoms with Crippen LogP contribution in [-0.2, 0) is 0 Å². The van der Waals surface area contributed by atoms with Gasteiger partial charge in [-0.1, -0.05) is 0 Å².